The maximum atomic E-state index is 13.7. The van der Waals surface area contributed by atoms with E-state index in [0.717, 1.165) is 30.3 Å². The van der Waals surface area contributed by atoms with Crippen LogP contribution in [0.3, 0.4) is 0 Å². The van der Waals surface area contributed by atoms with Crippen LogP contribution in [0.1, 0.15) is 42.7 Å². The van der Waals surface area contributed by atoms with E-state index in [0.29, 0.717) is 18.5 Å². The number of carbonyl (C=O) groups excluding carboxylic acids is 1. The van der Waals surface area contributed by atoms with Gasteiger partial charge in [-0.2, -0.15) is 0 Å². The zero-order chi connectivity index (χ0) is 20.1. The summed E-state index contributed by atoms with van der Waals surface area (Å²) in [4.78, 5) is 12.7. The van der Waals surface area contributed by atoms with Gasteiger partial charge in [-0.3, -0.25) is 4.79 Å². The van der Waals surface area contributed by atoms with Gasteiger partial charge in [0.1, 0.15) is 5.75 Å². The number of rotatable bonds is 6. The van der Waals surface area contributed by atoms with Gasteiger partial charge in [0.2, 0.25) is 5.91 Å². The summed E-state index contributed by atoms with van der Waals surface area (Å²) in [5.41, 5.74) is 1.70. The zero-order valence-corrected chi connectivity index (χ0v) is 16.2. The Bertz CT molecular complexity index is 828. The second kappa shape index (κ2) is 9.15. The Kier molecular flexibility index (Phi) is 6.62. The maximum Gasteiger partial charge on any atom is 0.220 e. The summed E-state index contributed by atoms with van der Waals surface area (Å²) in [5, 5.41) is 6.35. The van der Waals surface area contributed by atoms with E-state index in [1.165, 1.54) is 6.07 Å². The molecular weight excluding hydrogens is 362 g/mol. The van der Waals surface area contributed by atoms with Gasteiger partial charge >= 0.3 is 0 Å². The van der Waals surface area contributed by atoms with Crippen LogP contribution in [0.25, 0.3) is 0 Å². The predicted molar refractivity (Wildman–Crippen MR) is 105 cm³/mol. The van der Waals surface area contributed by atoms with Crippen LogP contribution < -0.4 is 15.4 Å². The van der Waals surface area contributed by atoms with E-state index in [9.17, 15) is 13.6 Å². The second-order valence-corrected chi connectivity index (χ2v) is 7.29. The van der Waals surface area contributed by atoms with Crippen LogP contribution >= 0.6 is 0 Å². The molecule has 1 fully saturated rings. The van der Waals surface area contributed by atoms with Gasteiger partial charge in [-0.15, -0.1) is 0 Å². The van der Waals surface area contributed by atoms with Crippen LogP contribution in [0.5, 0.6) is 5.75 Å². The molecule has 3 unspecified atom stereocenters. The molecule has 1 aliphatic heterocycles. The fourth-order valence-corrected chi connectivity index (χ4v) is 3.88. The molecule has 3 atom stereocenters. The summed E-state index contributed by atoms with van der Waals surface area (Å²) in [6, 6.07) is 11.5. The van der Waals surface area contributed by atoms with E-state index < -0.39 is 11.6 Å². The van der Waals surface area contributed by atoms with Crippen LogP contribution in [0.15, 0.2) is 42.5 Å². The highest BCUT2D eigenvalue weighted by Gasteiger charge is 2.29. The highest BCUT2D eigenvalue weighted by molar-refractivity contribution is 5.77. The molecule has 1 aliphatic rings. The number of nitrogens with one attached hydrogen (secondary N) is 2. The van der Waals surface area contributed by atoms with Crippen molar-refractivity contribution in [3.05, 3.63) is 65.2 Å². The van der Waals surface area contributed by atoms with Gasteiger partial charge in [-0.25, -0.2) is 8.78 Å². The van der Waals surface area contributed by atoms with Gasteiger partial charge in [-0.05, 0) is 48.2 Å². The van der Waals surface area contributed by atoms with E-state index in [4.69, 9.17) is 4.74 Å². The highest BCUT2D eigenvalue weighted by Crippen LogP contribution is 2.30. The van der Waals surface area contributed by atoms with Crippen LogP contribution in [0.2, 0.25) is 0 Å². The molecule has 1 saturated heterocycles. The van der Waals surface area contributed by atoms with Gasteiger partial charge in [0.05, 0.1) is 7.11 Å². The van der Waals surface area contributed by atoms with Crippen molar-refractivity contribution < 1.29 is 18.3 Å². The number of carbonyl (C=O) groups is 1. The molecule has 28 heavy (non-hydrogen) atoms. The Morgan fingerprint density at radius 3 is 2.79 bits per heavy atom. The number of piperidine rings is 1. The molecule has 0 radical (unpaired) electrons. The highest BCUT2D eigenvalue weighted by atomic mass is 19.2. The minimum absolute atomic E-state index is 0.00517. The van der Waals surface area contributed by atoms with Crippen molar-refractivity contribution in [1.29, 1.82) is 0 Å². The van der Waals surface area contributed by atoms with Crippen molar-refractivity contribution in [2.75, 3.05) is 20.2 Å². The molecule has 0 aliphatic carbocycles. The molecule has 6 heteroatoms. The monoisotopic (exact) mass is 388 g/mol. The van der Waals surface area contributed by atoms with E-state index >= 15 is 0 Å². The predicted octanol–water partition coefficient (Wildman–Crippen LogP) is 3.73. The zero-order valence-electron chi connectivity index (χ0n) is 16.2. The van der Waals surface area contributed by atoms with Crippen molar-refractivity contribution in [2.45, 2.75) is 37.6 Å². The largest absolute Gasteiger partial charge is 0.496 e. The standard InChI is InChI=1S/C22H26F2N2O2/c1-14(16-5-3-4-6-21(16)28-2)11-22(27)26-20-13-25-10-9-17(20)15-7-8-18(23)19(24)12-15/h3-8,12,14,17,20,25H,9-11,13H2,1-2H3,(H,26,27). The van der Waals surface area contributed by atoms with Crippen molar-refractivity contribution in [2.24, 2.45) is 0 Å². The third-order valence-electron chi connectivity index (χ3n) is 5.36. The fraction of sp³-hybridized carbons (Fsp3) is 0.409. The molecule has 2 aromatic carbocycles. The third-order valence-corrected chi connectivity index (χ3v) is 5.36. The first-order valence-corrected chi connectivity index (χ1v) is 9.57. The van der Waals surface area contributed by atoms with E-state index in [1.54, 1.807) is 13.2 Å². The smallest absolute Gasteiger partial charge is 0.220 e. The van der Waals surface area contributed by atoms with Crippen LogP contribution in [-0.4, -0.2) is 32.1 Å². The molecular formula is C22H26F2N2O2. The molecule has 2 aromatic rings. The maximum absolute atomic E-state index is 13.7. The topological polar surface area (TPSA) is 50.4 Å². The molecule has 3 rings (SSSR count). The molecule has 1 amide bonds. The van der Waals surface area contributed by atoms with Gasteiger partial charge in [0.25, 0.3) is 0 Å². The summed E-state index contributed by atoms with van der Waals surface area (Å²) in [5.74, 6) is -1.08. The molecule has 2 N–H and O–H groups in total. The Morgan fingerprint density at radius 2 is 2.04 bits per heavy atom. The number of amides is 1. The molecule has 1 heterocycles. The second-order valence-electron chi connectivity index (χ2n) is 7.29. The molecule has 0 spiro atoms. The number of benzene rings is 2. The molecule has 0 bridgehead atoms. The van der Waals surface area contributed by atoms with Gasteiger partial charge in [-0.1, -0.05) is 31.2 Å². The van der Waals surface area contributed by atoms with Gasteiger partial charge in [0.15, 0.2) is 11.6 Å². The van der Waals surface area contributed by atoms with Crippen molar-refractivity contribution in [1.82, 2.24) is 10.6 Å². The number of hydrogen-bond donors (Lipinski definition) is 2. The van der Waals surface area contributed by atoms with Crippen LogP contribution in [-0.2, 0) is 4.79 Å². The lowest BCUT2D eigenvalue weighted by Gasteiger charge is -2.33. The average molecular weight is 388 g/mol. The van der Waals surface area contributed by atoms with Gasteiger partial charge in [0, 0.05) is 24.9 Å². The van der Waals surface area contributed by atoms with Crippen LogP contribution in [0.4, 0.5) is 8.78 Å². The molecule has 0 aromatic heterocycles. The fourth-order valence-electron chi connectivity index (χ4n) is 3.88. The lowest BCUT2D eigenvalue weighted by Crippen LogP contribution is -2.50. The lowest BCUT2D eigenvalue weighted by atomic mass is 9.85. The molecule has 4 nitrogen and oxygen atoms in total. The van der Waals surface area contributed by atoms with Crippen LogP contribution in [0, 0.1) is 11.6 Å². The minimum atomic E-state index is -0.857. The first kappa shape index (κ1) is 20.3. The minimum Gasteiger partial charge on any atom is -0.496 e. The molecule has 0 saturated carbocycles. The third kappa shape index (κ3) is 4.68. The summed E-state index contributed by atoms with van der Waals surface area (Å²) in [6.07, 6.45) is 1.07. The summed E-state index contributed by atoms with van der Waals surface area (Å²) in [6.45, 7) is 3.36. The van der Waals surface area contributed by atoms with E-state index in [1.807, 2.05) is 31.2 Å². The normalized spacial score (nSPS) is 20.4. The Balaban J connectivity index is 1.68. The first-order valence-electron chi connectivity index (χ1n) is 9.57. The Morgan fingerprint density at radius 1 is 1.25 bits per heavy atom. The lowest BCUT2D eigenvalue weighted by molar-refractivity contribution is -0.122. The van der Waals surface area contributed by atoms with E-state index in [-0.39, 0.29) is 23.8 Å². The number of halogens is 2. The summed E-state index contributed by atoms with van der Waals surface area (Å²) < 4.78 is 32.3. The number of ether oxygens (including phenoxy) is 1. The van der Waals surface area contributed by atoms with E-state index in [2.05, 4.69) is 10.6 Å². The number of hydrogen-bond acceptors (Lipinski definition) is 3. The summed E-state index contributed by atoms with van der Waals surface area (Å²) in [7, 11) is 1.62. The van der Waals surface area contributed by atoms with Crippen molar-refractivity contribution in [3.8, 4) is 5.75 Å². The van der Waals surface area contributed by atoms with Crippen molar-refractivity contribution in [3.63, 3.8) is 0 Å². The van der Waals surface area contributed by atoms with Crippen molar-refractivity contribution >= 4 is 5.91 Å². The average Bonchev–Trinajstić information content (AvgIpc) is 2.70. The number of methoxy groups -OCH3 is 1. The first-order chi connectivity index (χ1) is 13.5. The Labute approximate surface area is 164 Å². The van der Waals surface area contributed by atoms with Gasteiger partial charge < -0.3 is 15.4 Å². The Hall–Kier alpha value is -2.47. The quantitative estimate of drug-likeness (QED) is 0.793. The molecule has 150 valence electrons. The SMILES string of the molecule is COc1ccccc1C(C)CC(=O)NC1CNCCC1c1ccc(F)c(F)c1. The number of para-hydroxylation sites is 1. The summed E-state index contributed by atoms with van der Waals surface area (Å²) >= 11 is 0.